The van der Waals surface area contributed by atoms with E-state index in [4.69, 9.17) is 5.73 Å². The first-order valence-corrected chi connectivity index (χ1v) is 11.7. The number of hydrogen-bond donors (Lipinski definition) is 1. The summed E-state index contributed by atoms with van der Waals surface area (Å²) < 4.78 is 57.8. The molecular formula is C21H28F2N2O3S. The van der Waals surface area contributed by atoms with E-state index in [0.29, 0.717) is 11.8 Å². The van der Waals surface area contributed by atoms with Gasteiger partial charge >= 0.3 is 0 Å². The van der Waals surface area contributed by atoms with Crippen LogP contribution < -0.4 is 5.73 Å². The SMILES string of the molecule is CC(C)(CC(N)=O)N(C1C2CC3CC(C2)CC1C3)S(=O)(=O)c1c(F)cccc1F. The Bertz CT molecular complexity index is 884. The molecule has 0 spiro atoms. The fourth-order valence-corrected chi connectivity index (χ4v) is 8.71. The Kier molecular flexibility index (Phi) is 5.01. The summed E-state index contributed by atoms with van der Waals surface area (Å²) in [5.74, 6) is -1.40. The van der Waals surface area contributed by atoms with Gasteiger partial charge in [0.25, 0.3) is 0 Å². The van der Waals surface area contributed by atoms with Gasteiger partial charge in [-0.25, -0.2) is 17.2 Å². The van der Waals surface area contributed by atoms with Crippen molar-refractivity contribution in [2.75, 3.05) is 0 Å². The minimum Gasteiger partial charge on any atom is -0.370 e. The van der Waals surface area contributed by atoms with Crippen LogP contribution in [0.3, 0.4) is 0 Å². The summed E-state index contributed by atoms with van der Waals surface area (Å²) in [5, 5.41) is 0. The zero-order valence-electron chi connectivity index (χ0n) is 16.8. The van der Waals surface area contributed by atoms with Crippen molar-refractivity contribution in [3.05, 3.63) is 29.8 Å². The Morgan fingerprint density at radius 2 is 1.55 bits per heavy atom. The summed E-state index contributed by atoms with van der Waals surface area (Å²) in [4.78, 5) is 10.8. The van der Waals surface area contributed by atoms with E-state index in [2.05, 4.69) is 0 Å². The van der Waals surface area contributed by atoms with Crippen LogP contribution in [0.15, 0.2) is 23.1 Å². The van der Waals surface area contributed by atoms with Crippen LogP contribution in [0.25, 0.3) is 0 Å². The molecule has 1 aromatic carbocycles. The molecule has 2 N–H and O–H groups in total. The number of sulfonamides is 1. The van der Waals surface area contributed by atoms with E-state index in [-0.39, 0.29) is 24.3 Å². The number of nitrogens with two attached hydrogens (primary N) is 1. The molecule has 0 saturated heterocycles. The van der Waals surface area contributed by atoms with Gasteiger partial charge in [-0.3, -0.25) is 4.79 Å². The van der Waals surface area contributed by atoms with Crippen LogP contribution in [0.4, 0.5) is 8.78 Å². The molecule has 0 aromatic heterocycles. The quantitative estimate of drug-likeness (QED) is 0.757. The van der Waals surface area contributed by atoms with Gasteiger partial charge in [-0.1, -0.05) is 6.07 Å². The molecule has 0 unspecified atom stereocenters. The number of carbonyl (C=O) groups is 1. The number of halogens is 2. The van der Waals surface area contributed by atoms with E-state index in [1.165, 1.54) is 10.7 Å². The lowest BCUT2D eigenvalue weighted by molar-refractivity contribution is -0.121. The zero-order valence-corrected chi connectivity index (χ0v) is 17.6. The first-order chi connectivity index (χ1) is 13.5. The van der Waals surface area contributed by atoms with Gasteiger partial charge in [-0.05, 0) is 81.8 Å². The van der Waals surface area contributed by atoms with Crippen molar-refractivity contribution in [1.29, 1.82) is 0 Å². The van der Waals surface area contributed by atoms with Crippen LogP contribution in [-0.2, 0) is 14.8 Å². The average molecular weight is 427 g/mol. The van der Waals surface area contributed by atoms with Crippen molar-refractivity contribution in [2.24, 2.45) is 29.4 Å². The molecule has 8 heteroatoms. The Hall–Kier alpha value is -1.54. The van der Waals surface area contributed by atoms with Crippen LogP contribution in [0.5, 0.6) is 0 Å². The predicted octanol–water partition coefficient (Wildman–Crippen LogP) is 3.43. The molecule has 4 saturated carbocycles. The van der Waals surface area contributed by atoms with Crippen LogP contribution >= 0.6 is 0 Å². The fourth-order valence-electron chi connectivity index (χ4n) is 6.50. The summed E-state index contributed by atoms with van der Waals surface area (Å²) in [6, 6.07) is 2.67. The van der Waals surface area contributed by atoms with Gasteiger partial charge in [0, 0.05) is 18.0 Å². The van der Waals surface area contributed by atoms with E-state index >= 15 is 0 Å². The molecule has 4 aliphatic carbocycles. The van der Waals surface area contributed by atoms with E-state index in [0.717, 1.165) is 43.9 Å². The fraction of sp³-hybridized carbons (Fsp3) is 0.667. The minimum atomic E-state index is -4.53. The molecule has 160 valence electrons. The highest BCUT2D eigenvalue weighted by atomic mass is 32.2. The maximum Gasteiger partial charge on any atom is 0.249 e. The molecule has 29 heavy (non-hydrogen) atoms. The summed E-state index contributed by atoms with van der Waals surface area (Å²) in [5.41, 5.74) is 4.23. The van der Waals surface area contributed by atoms with Gasteiger partial charge in [0.15, 0.2) is 4.90 Å². The van der Waals surface area contributed by atoms with Crippen molar-refractivity contribution in [3.8, 4) is 0 Å². The van der Waals surface area contributed by atoms with Crippen LogP contribution in [0.2, 0.25) is 0 Å². The Balaban J connectivity index is 1.85. The Labute approximate surface area is 170 Å². The molecule has 0 aliphatic heterocycles. The molecule has 4 aliphatic rings. The Morgan fingerprint density at radius 3 is 2.00 bits per heavy atom. The van der Waals surface area contributed by atoms with Crippen LogP contribution in [-0.4, -0.2) is 30.2 Å². The van der Waals surface area contributed by atoms with Crippen molar-refractivity contribution in [2.45, 2.75) is 68.8 Å². The van der Waals surface area contributed by atoms with Crippen molar-refractivity contribution < 1.29 is 22.0 Å². The van der Waals surface area contributed by atoms with E-state index in [9.17, 15) is 22.0 Å². The third kappa shape index (κ3) is 3.48. The molecular weight excluding hydrogens is 398 g/mol. The van der Waals surface area contributed by atoms with Gasteiger partial charge in [0.1, 0.15) is 11.6 Å². The second kappa shape index (κ2) is 7.01. The van der Waals surface area contributed by atoms with Gasteiger partial charge in [0.05, 0.1) is 0 Å². The van der Waals surface area contributed by atoms with Crippen molar-refractivity contribution in [3.63, 3.8) is 0 Å². The normalized spacial score (nSPS) is 31.4. The number of carbonyl (C=O) groups excluding carboxylic acids is 1. The molecule has 0 atom stereocenters. The van der Waals surface area contributed by atoms with Gasteiger partial charge in [0.2, 0.25) is 15.9 Å². The average Bonchev–Trinajstić information content (AvgIpc) is 2.55. The predicted molar refractivity (Wildman–Crippen MR) is 104 cm³/mol. The topological polar surface area (TPSA) is 80.5 Å². The highest BCUT2D eigenvalue weighted by Gasteiger charge is 2.56. The second-order valence-electron chi connectivity index (χ2n) is 9.73. The molecule has 0 heterocycles. The number of nitrogens with zero attached hydrogens (tertiary/aromatic N) is 1. The number of benzene rings is 1. The third-order valence-corrected chi connectivity index (χ3v) is 9.25. The second-order valence-corrected chi connectivity index (χ2v) is 11.5. The zero-order chi connectivity index (χ0) is 21.1. The lowest BCUT2D eigenvalue weighted by Gasteiger charge is -2.59. The molecule has 1 aromatic rings. The van der Waals surface area contributed by atoms with Gasteiger partial charge in [-0.15, -0.1) is 0 Å². The first-order valence-electron chi connectivity index (χ1n) is 10.3. The number of rotatable bonds is 6. The number of primary amides is 1. The molecule has 0 radical (unpaired) electrons. The largest absolute Gasteiger partial charge is 0.370 e. The smallest absolute Gasteiger partial charge is 0.249 e. The summed E-state index contributed by atoms with van der Waals surface area (Å²) >= 11 is 0. The molecule has 5 nitrogen and oxygen atoms in total. The molecule has 5 rings (SSSR count). The maximum atomic E-state index is 14.5. The highest BCUT2D eigenvalue weighted by molar-refractivity contribution is 7.89. The molecule has 4 bridgehead atoms. The molecule has 1 amide bonds. The summed E-state index contributed by atoms with van der Waals surface area (Å²) in [7, 11) is -4.53. The Morgan fingerprint density at radius 1 is 1.07 bits per heavy atom. The standard InChI is InChI=1S/C21H28F2N2O3S/c1-21(2,11-18(24)26)25(29(27,28)20-16(22)4-3-5-17(20)23)19-14-7-12-6-13(9-14)10-15(19)8-12/h3-5,12-15,19H,6-11H2,1-2H3,(H2,24,26). The van der Waals surface area contributed by atoms with Gasteiger partial charge in [-0.2, -0.15) is 4.31 Å². The van der Waals surface area contributed by atoms with E-state index in [1.807, 2.05) is 0 Å². The van der Waals surface area contributed by atoms with Crippen LogP contribution in [0, 0.1) is 35.3 Å². The number of amides is 1. The third-order valence-electron chi connectivity index (χ3n) is 7.09. The lowest BCUT2D eigenvalue weighted by atomic mass is 9.54. The monoisotopic (exact) mass is 426 g/mol. The van der Waals surface area contributed by atoms with E-state index in [1.54, 1.807) is 13.8 Å². The first kappa shape index (κ1) is 20.7. The minimum absolute atomic E-state index is 0.142. The van der Waals surface area contributed by atoms with E-state index < -0.39 is 38.0 Å². The van der Waals surface area contributed by atoms with Gasteiger partial charge < -0.3 is 5.73 Å². The lowest BCUT2D eigenvalue weighted by Crippen LogP contribution is -2.63. The van der Waals surface area contributed by atoms with Crippen molar-refractivity contribution in [1.82, 2.24) is 4.31 Å². The molecule has 4 fully saturated rings. The summed E-state index contributed by atoms with van der Waals surface area (Å²) in [6.45, 7) is 3.25. The van der Waals surface area contributed by atoms with Crippen molar-refractivity contribution >= 4 is 15.9 Å². The highest BCUT2D eigenvalue weighted by Crippen LogP contribution is 2.57. The summed E-state index contributed by atoms with van der Waals surface area (Å²) in [6.07, 6.45) is 4.68. The van der Waals surface area contributed by atoms with Crippen LogP contribution in [0.1, 0.15) is 52.4 Å². The maximum absolute atomic E-state index is 14.5. The number of hydrogen-bond acceptors (Lipinski definition) is 3.